The Labute approximate surface area is 161 Å². The maximum atomic E-state index is 4.41. The second-order valence-corrected chi connectivity index (χ2v) is 7.30. The first-order valence-corrected chi connectivity index (χ1v) is 9.34. The summed E-state index contributed by atoms with van der Waals surface area (Å²) in [6, 6.07) is 2.19. The third kappa shape index (κ3) is 2.54. The lowest BCUT2D eigenvalue weighted by molar-refractivity contribution is 0.482. The normalized spacial score (nSPS) is 20.3. The van der Waals surface area contributed by atoms with Gasteiger partial charge in [-0.3, -0.25) is 4.98 Å². The molecule has 2 aliphatic carbocycles. The smallest absolute Gasteiger partial charge is 0.0567 e. The van der Waals surface area contributed by atoms with E-state index in [9.17, 15) is 0 Å². The number of hydrogen-bond donors (Lipinski definition) is 0. The van der Waals surface area contributed by atoms with Crippen molar-refractivity contribution in [3.8, 4) is 11.8 Å². The fraction of sp³-hybridized carbons (Fsp3) is 0.348. The van der Waals surface area contributed by atoms with Crippen molar-refractivity contribution in [3.63, 3.8) is 0 Å². The fourth-order valence-corrected chi connectivity index (χ4v) is 4.71. The number of rotatable bonds is 1. The predicted octanol–water partition coefficient (Wildman–Crippen LogP) is 5.78. The average molecular weight is 363 g/mol. The van der Waals surface area contributed by atoms with E-state index in [-0.39, 0.29) is 12.4 Å². The molecule has 0 amide bonds. The van der Waals surface area contributed by atoms with Crippen molar-refractivity contribution in [3.05, 3.63) is 53.5 Å². The summed E-state index contributed by atoms with van der Waals surface area (Å²) in [6.07, 6.45) is 17.9. The molecule has 0 bridgehead atoms. The van der Waals surface area contributed by atoms with Gasteiger partial charge in [0.05, 0.1) is 11.2 Å². The Balaban J connectivity index is 0.00000168. The van der Waals surface area contributed by atoms with Gasteiger partial charge in [0.2, 0.25) is 0 Å². The number of pyridine rings is 1. The summed E-state index contributed by atoms with van der Waals surface area (Å²) in [5.41, 5.74) is 8.62. The third-order valence-electron chi connectivity index (χ3n) is 5.88. The Hall–Kier alpha value is -2.24. The largest absolute Gasteiger partial charge is 0.312 e. The molecule has 3 heteroatoms. The van der Waals surface area contributed by atoms with Crippen LogP contribution in [0.5, 0.6) is 0 Å². The Morgan fingerprint density at radius 3 is 3.08 bits per heavy atom. The van der Waals surface area contributed by atoms with Gasteiger partial charge < -0.3 is 4.57 Å². The summed E-state index contributed by atoms with van der Waals surface area (Å²) in [7, 11) is 0. The van der Waals surface area contributed by atoms with Crippen LogP contribution >= 0.6 is 12.4 Å². The van der Waals surface area contributed by atoms with Gasteiger partial charge in [-0.2, -0.15) is 0 Å². The van der Waals surface area contributed by atoms with E-state index in [0.717, 1.165) is 32.1 Å². The van der Waals surface area contributed by atoms with Crippen molar-refractivity contribution in [2.24, 2.45) is 5.92 Å². The summed E-state index contributed by atoms with van der Waals surface area (Å²) >= 11 is 0. The molecule has 0 N–H and O–H groups in total. The monoisotopic (exact) mass is 362 g/mol. The molecule has 2 nitrogen and oxygen atoms in total. The maximum Gasteiger partial charge on any atom is 0.0567 e. The molecule has 0 aromatic carbocycles. The zero-order valence-electron chi connectivity index (χ0n) is 15.1. The molecule has 1 unspecified atom stereocenters. The quantitative estimate of drug-likeness (QED) is 0.588. The van der Waals surface area contributed by atoms with Gasteiger partial charge >= 0.3 is 0 Å². The predicted molar refractivity (Wildman–Crippen MR) is 111 cm³/mol. The highest BCUT2D eigenvalue weighted by Crippen LogP contribution is 2.44. The number of fused-ring (bicyclic) bond motifs is 4. The molecule has 3 aliphatic rings. The van der Waals surface area contributed by atoms with E-state index in [4.69, 9.17) is 0 Å². The lowest BCUT2D eigenvalue weighted by Gasteiger charge is -2.26. The minimum atomic E-state index is 0. The number of hydrogen-bond acceptors (Lipinski definition) is 1. The van der Waals surface area contributed by atoms with Crippen LogP contribution in [0.2, 0.25) is 0 Å². The van der Waals surface area contributed by atoms with Crippen LogP contribution in [0, 0.1) is 17.8 Å². The van der Waals surface area contributed by atoms with Gasteiger partial charge in [-0.25, -0.2) is 0 Å². The van der Waals surface area contributed by atoms with E-state index in [2.05, 4.69) is 51.9 Å². The maximum absolute atomic E-state index is 4.41. The van der Waals surface area contributed by atoms with E-state index in [1.807, 2.05) is 13.1 Å². The SMILES string of the molecule is CC#CCC1CCC2=C(C=CC3=CCCc4c3n2c2ccncc42)C1.Cl. The first-order valence-electron chi connectivity index (χ1n) is 9.34. The van der Waals surface area contributed by atoms with Crippen molar-refractivity contribution in [1.82, 2.24) is 9.55 Å². The van der Waals surface area contributed by atoms with Gasteiger partial charge in [-0.05, 0) is 67.7 Å². The number of allylic oxidation sites excluding steroid dienone is 6. The molecule has 26 heavy (non-hydrogen) atoms. The molecule has 0 saturated carbocycles. The molecule has 0 radical (unpaired) electrons. The molecule has 2 aromatic heterocycles. The molecular formula is C23H23ClN2. The van der Waals surface area contributed by atoms with Crippen molar-refractivity contribution < 1.29 is 0 Å². The molecule has 2 aromatic rings. The summed E-state index contributed by atoms with van der Waals surface area (Å²) in [4.78, 5) is 4.41. The summed E-state index contributed by atoms with van der Waals surface area (Å²) < 4.78 is 2.55. The van der Waals surface area contributed by atoms with Crippen LogP contribution in [-0.4, -0.2) is 9.55 Å². The molecule has 1 atom stereocenters. The molecule has 0 fully saturated rings. The Morgan fingerprint density at radius 2 is 2.19 bits per heavy atom. The van der Waals surface area contributed by atoms with E-state index in [1.165, 1.54) is 45.4 Å². The summed E-state index contributed by atoms with van der Waals surface area (Å²) in [6.45, 7) is 1.94. The number of aryl methyl sites for hydroxylation is 1. The minimum absolute atomic E-state index is 0. The van der Waals surface area contributed by atoms with Gasteiger partial charge in [0, 0.05) is 29.9 Å². The number of halogens is 1. The van der Waals surface area contributed by atoms with Crippen molar-refractivity contribution >= 4 is 34.6 Å². The van der Waals surface area contributed by atoms with E-state index < -0.39 is 0 Å². The molecular weight excluding hydrogens is 340 g/mol. The molecule has 5 rings (SSSR count). The third-order valence-corrected chi connectivity index (χ3v) is 5.88. The molecule has 1 aliphatic heterocycles. The second-order valence-electron chi connectivity index (χ2n) is 7.30. The number of aromatic nitrogens is 2. The van der Waals surface area contributed by atoms with Gasteiger partial charge in [0.1, 0.15) is 0 Å². The van der Waals surface area contributed by atoms with Crippen molar-refractivity contribution in [1.29, 1.82) is 0 Å². The van der Waals surface area contributed by atoms with E-state index >= 15 is 0 Å². The fourth-order valence-electron chi connectivity index (χ4n) is 4.71. The van der Waals surface area contributed by atoms with Crippen molar-refractivity contribution in [2.45, 2.75) is 45.4 Å². The first kappa shape index (κ1) is 17.2. The molecule has 0 spiro atoms. The van der Waals surface area contributed by atoms with E-state index in [1.54, 1.807) is 0 Å². The second kappa shape index (κ2) is 6.82. The lowest BCUT2D eigenvalue weighted by Crippen LogP contribution is -2.13. The van der Waals surface area contributed by atoms with Crippen LogP contribution < -0.4 is 0 Å². The van der Waals surface area contributed by atoms with Crippen LogP contribution in [0.25, 0.3) is 22.2 Å². The van der Waals surface area contributed by atoms with Crippen molar-refractivity contribution in [2.75, 3.05) is 0 Å². The van der Waals surface area contributed by atoms with Crippen LogP contribution in [0.4, 0.5) is 0 Å². The summed E-state index contributed by atoms with van der Waals surface area (Å²) in [5, 5.41) is 1.34. The Kier molecular flexibility index (Phi) is 4.51. The zero-order valence-corrected chi connectivity index (χ0v) is 15.9. The average Bonchev–Trinajstić information content (AvgIpc) is 2.89. The lowest BCUT2D eigenvalue weighted by atomic mass is 9.84. The van der Waals surface area contributed by atoms with Crippen LogP contribution in [-0.2, 0) is 6.42 Å². The van der Waals surface area contributed by atoms with Crippen LogP contribution in [0.3, 0.4) is 0 Å². The van der Waals surface area contributed by atoms with Crippen LogP contribution in [0.15, 0.2) is 42.3 Å². The zero-order chi connectivity index (χ0) is 16.8. The van der Waals surface area contributed by atoms with E-state index in [0.29, 0.717) is 5.92 Å². The molecule has 3 heterocycles. The van der Waals surface area contributed by atoms with Crippen LogP contribution in [0.1, 0.15) is 50.3 Å². The topological polar surface area (TPSA) is 17.8 Å². The highest BCUT2D eigenvalue weighted by molar-refractivity contribution is 5.96. The van der Waals surface area contributed by atoms with Gasteiger partial charge in [-0.15, -0.1) is 24.2 Å². The standard InChI is InChI=1S/C23H22N2.ClH/c1-2-3-5-16-8-11-21-18(14-16)10-9-17-6-4-7-19-20-15-24-13-12-22(20)25(21)23(17)19;/h6,9-10,12-13,15-16H,4-5,7-8,11,14H2,1H3;1H. The minimum Gasteiger partial charge on any atom is -0.312 e. The van der Waals surface area contributed by atoms with Gasteiger partial charge in [0.25, 0.3) is 0 Å². The highest BCUT2D eigenvalue weighted by Gasteiger charge is 2.29. The number of nitrogens with zero attached hydrogens (tertiary/aromatic N) is 2. The Bertz CT molecular complexity index is 1020. The summed E-state index contributed by atoms with van der Waals surface area (Å²) in [5.74, 6) is 7.04. The van der Waals surface area contributed by atoms with Gasteiger partial charge in [-0.1, -0.05) is 18.2 Å². The Morgan fingerprint density at radius 1 is 1.27 bits per heavy atom. The molecule has 0 saturated heterocycles. The first-order chi connectivity index (χ1) is 12.4. The van der Waals surface area contributed by atoms with Gasteiger partial charge in [0.15, 0.2) is 0 Å². The highest BCUT2D eigenvalue weighted by atomic mass is 35.5. The molecule has 132 valence electrons.